The van der Waals surface area contributed by atoms with Gasteiger partial charge in [-0.25, -0.2) is 8.78 Å². The third kappa shape index (κ3) is 3.02. The Morgan fingerprint density at radius 3 is 2.56 bits per heavy atom. The Morgan fingerprint density at radius 2 is 2.00 bits per heavy atom. The number of rotatable bonds is 4. The zero-order valence-corrected chi connectivity index (χ0v) is 9.21. The molecule has 88 valence electrons. The minimum atomic E-state index is -0.927. The Hall–Kier alpha value is -1.45. The van der Waals surface area contributed by atoms with Crippen molar-refractivity contribution in [2.45, 2.75) is 20.3 Å². The van der Waals surface area contributed by atoms with Crippen LogP contribution in [0, 0.1) is 23.5 Å². The van der Waals surface area contributed by atoms with Gasteiger partial charge in [0.15, 0.2) is 0 Å². The van der Waals surface area contributed by atoms with Gasteiger partial charge in [-0.15, -0.1) is 0 Å². The van der Waals surface area contributed by atoms with Crippen molar-refractivity contribution < 1.29 is 18.7 Å². The van der Waals surface area contributed by atoms with Gasteiger partial charge in [0, 0.05) is 0 Å². The molecule has 2 atom stereocenters. The first-order valence-electron chi connectivity index (χ1n) is 5.08. The molecule has 0 saturated heterocycles. The van der Waals surface area contributed by atoms with Gasteiger partial charge in [0.25, 0.3) is 0 Å². The van der Waals surface area contributed by atoms with E-state index in [1.807, 2.05) is 0 Å². The summed E-state index contributed by atoms with van der Waals surface area (Å²) in [5.41, 5.74) is 0.223. The highest BCUT2D eigenvalue weighted by Gasteiger charge is 2.20. The van der Waals surface area contributed by atoms with Crippen molar-refractivity contribution in [2.24, 2.45) is 11.8 Å². The predicted octanol–water partition coefficient (Wildman–Crippen LogP) is 2.86. The maximum Gasteiger partial charge on any atom is 0.306 e. The molecule has 0 radical (unpaired) electrons. The first kappa shape index (κ1) is 12.6. The monoisotopic (exact) mass is 228 g/mol. The van der Waals surface area contributed by atoms with Gasteiger partial charge in [0.2, 0.25) is 0 Å². The van der Waals surface area contributed by atoms with E-state index in [4.69, 9.17) is 5.11 Å². The van der Waals surface area contributed by atoms with Gasteiger partial charge < -0.3 is 5.11 Å². The van der Waals surface area contributed by atoms with E-state index in [2.05, 4.69) is 0 Å². The van der Waals surface area contributed by atoms with Crippen LogP contribution in [0.2, 0.25) is 0 Å². The summed E-state index contributed by atoms with van der Waals surface area (Å²) in [7, 11) is 0. The van der Waals surface area contributed by atoms with Gasteiger partial charge in [-0.05, 0) is 36.1 Å². The topological polar surface area (TPSA) is 37.3 Å². The maximum atomic E-state index is 13.3. The standard InChI is InChI=1S/C12H14F2O2/c1-7(8(2)12(15)16)5-9-6-10(13)3-4-11(9)14/h3-4,6-8H,5H2,1-2H3,(H,15,16). The second kappa shape index (κ2) is 5.05. The molecule has 0 bridgehead atoms. The second-order valence-electron chi connectivity index (χ2n) is 4.04. The van der Waals surface area contributed by atoms with Crippen LogP contribution in [0.3, 0.4) is 0 Å². The van der Waals surface area contributed by atoms with Crippen LogP contribution in [-0.4, -0.2) is 11.1 Å². The van der Waals surface area contributed by atoms with Crippen LogP contribution in [0.4, 0.5) is 8.78 Å². The fourth-order valence-electron chi connectivity index (χ4n) is 1.47. The van der Waals surface area contributed by atoms with Gasteiger partial charge in [-0.1, -0.05) is 13.8 Å². The SMILES string of the molecule is CC(Cc1cc(F)ccc1F)C(C)C(=O)O. The van der Waals surface area contributed by atoms with Gasteiger partial charge in [0.1, 0.15) is 11.6 Å². The van der Waals surface area contributed by atoms with Crippen molar-refractivity contribution in [1.29, 1.82) is 0 Å². The Bertz CT molecular complexity index is 391. The van der Waals surface area contributed by atoms with Gasteiger partial charge in [-0.2, -0.15) is 0 Å². The Kier molecular flexibility index (Phi) is 3.99. The van der Waals surface area contributed by atoms with Gasteiger partial charge in [0.05, 0.1) is 5.92 Å². The summed E-state index contributed by atoms with van der Waals surface area (Å²) in [6, 6.07) is 3.22. The minimum Gasteiger partial charge on any atom is -0.481 e. The predicted molar refractivity (Wildman–Crippen MR) is 56.0 cm³/mol. The zero-order chi connectivity index (χ0) is 12.3. The molecule has 0 aliphatic rings. The quantitative estimate of drug-likeness (QED) is 0.860. The van der Waals surface area contributed by atoms with Gasteiger partial charge >= 0.3 is 5.97 Å². The molecule has 0 saturated carbocycles. The normalized spacial score (nSPS) is 14.5. The molecular formula is C12H14F2O2. The Morgan fingerprint density at radius 1 is 1.38 bits per heavy atom. The lowest BCUT2D eigenvalue weighted by Gasteiger charge is -2.16. The van der Waals surface area contributed by atoms with Crippen LogP contribution < -0.4 is 0 Å². The molecule has 1 aromatic carbocycles. The summed E-state index contributed by atoms with van der Waals surface area (Å²) < 4.78 is 26.2. The van der Waals surface area contributed by atoms with Crippen molar-refractivity contribution in [1.82, 2.24) is 0 Å². The van der Waals surface area contributed by atoms with E-state index in [1.54, 1.807) is 13.8 Å². The molecule has 0 spiro atoms. The molecule has 1 aromatic rings. The molecule has 1 rings (SSSR count). The number of carboxylic acids is 1. The lowest BCUT2D eigenvalue weighted by atomic mass is 9.89. The van der Waals surface area contributed by atoms with E-state index in [0.29, 0.717) is 0 Å². The Labute approximate surface area is 92.9 Å². The number of halogens is 2. The van der Waals surface area contributed by atoms with Crippen molar-refractivity contribution in [2.75, 3.05) is 0 Å². The highest BCUT2D eigenvalue weighted by atomic mass is 19.1. The molecule has 0 aromatic heterocycles. The average Bonchev–Trinajstić information content (AvgIpc) is 2.22. The van der Waals surface area contributed by atoms with E-state index in [0.717, 1.165) is 18.2 Å². The third-order valence-electron chi connectivity index (χ3n) is 2.79. The molecule has 0 fully saturated rings. The molecule has 16 heavy (non-hydrogen) atoms. The first-order valence-corrected chi connectivity index (χ1v) is 5.08. The van der Waals surface area contributed by atoms with Gasteiger partial charge in [-0.3, -0.25) is 4.79 Å². The highest BCUT2D eigenvalue weighted by Crippen LogP contribution is 2.20. The Balaban J connectivity index is 2.80. The molecule has 0 aliphatic carbocycles. The van der Waals surface area contributed by atoms with E-state index in [9.17, 15) is 13.6 Å². The van der Waals surface area contributed by atoms with E-state index < -0.39 is 23.5 Å². The van der Waals surface area contributed by atoms with Crippen LogP contribution in [0.1, 0.15) is 19.4 Å². The summed E-state index contributed by atoms with van der Waals surface area (Å²) in [5.74, 6) is -2.75. The molecule has 0 aliphatic heterocycles. The number of carbonyl (C=O) groups is 1. The van der Waals surface area contributed by atoms with E-state index in [-0.39, 0.29) is 17.9 Å². The molecule has 1 N–H and O–H groups in total. The number of hydrogen-bond acceptors (Lipinski definition) is 1. The largest absolute Gasteiger partial charge is 0.481 e. The van der Waals surface area contributed by atoms with Crippen molar-refractivity contribution in [3.8, 4) is 0 Å². The summed E-state index contributed by atoms with van der Waals surface area (Å²) in [6.07, 6.45) is 0.219. The number of hydrogen-bond donors (Lipinski definition) is 1. The highest BCUT2D eigenvalue weighted by molar-refractivity contribution is 5.69. The second-order valence-corrected chi connectivity index (χ2v) is 4.04. The van der Waals surface area contributed by atoms with E-state index >= 15 is 0 Å². The van der Waals surface area contributed by atoms with Crippen LogP contribution in [0.25, 0.3) is 0 Å². The lowest BCUT2D eigenvalue weighted by molar-refractivity contribution is -0.142. The molecule has 4 heteroatoms. The van der Waals surface area contributed by atoms with Crippen LogP contribution in [0.5, 0.6) is 0 Å². The fraction of sp³-hybridized carbons (Fsp3) is 0.417. The lowest BCUT2D eigenvalue weighted by Crippen LogP contribution is -2.20. The summed E-state index contributed by atoms with van der Waals surface area (Å²) in [6.45, 7) is 3.27. The maximum absolute atomic E-state index is 13.3. The van der Waals surface area contributed by atoms with Crippen molar-refractivity contribution in [3.05, 3.63) is 35.4 Å². The van der Waals surface area contributed by atoms with Crippen LogP contribution in [0.15, 0.2) is 18.2 Å². The van der Waals surface area contributed by atoms with E-state index in [1.165, 1.54) is 0 Å². The third-order valence-corrected chi connectivity index (χ3v) is 2.79. The average molecular weight is 228 g/mol. The molecule has 2 nitrogen and oxygen atoms in total. The number of aliphatic carboxylic acids is 1. The van der Waals surface area contributed by atoms with Crippen molar-refractivity contribution >= 4 is 5.97 Å². The molecule has 2 unspecified atom stereocenters. The van der Waals surface area contributed by atoms with Crippen LogP contribution >= 0.6 is 0 Å². The summed E-state index contributed by atoms with van der Waals surface area (Å²) in [4.78, 5) is 10.7. The summed E-state index contributed by atoms with van der Waals surface area (Å²) in [5, 5.41) is 8.79. The number of benzene rings is 1. The fourth-order valence-corrected chi connectivity index (χ4v) is 1.47. The first-order chi connectivity index (χ1) is 7.41. The molecule has 0 heterocycles. The smallest absolute Gasteiger partial charge is 0.306 e. The summed E-state index contributed by atoms with van der Waals surface area (Å²) >= 11 is 0. The molecule has 0 amide bonds. The minimum absolute atomic E-state index is 0.219. The van der Waals surface area contributed by atoms with Crippen molar-refractivity contribution in [3.63, 3.8) is 0 Å². The zero-order valence-electron chi connectivity index (χ0n) is 9.21. The van der Waals surface area contributed by atoms with Crippen LogP contribution in [-0.2, 0) is 11.2 Å². The number of carboxylic acid groups (broad SMARTS) is 1. The molecular weight excluding hydrogens is 214 g/mol.